The predicted octanol–water partition coefficient (Wildman–Crippen LogP) is 4.53. The average Bonchev–Trinajstić information content (AvgIpc) is 4.02. The highest BCUT2D eigenvalue weighted by Crippen LogP contribution is 2.60. The van der Waals surface area contributed by atoms with Gasteiger partial charge in [0.25, 0.3) is 0 Å². The summed E-state index contributed by atoms with van der Waals surface area (Å²) in [6.45, 7) is 14.4. The second-order valence-electron chi connectivity index (χ2n) is 23.4. The van der Waals surface area contributed by atoms with Crippen molar-refractivity contribution in [1.82, 2.24) is 40.4 Å². The number of aromatic hydroxyl groups is 1. The Kier molecular flexibility index (Phi) is 12.4. The molecule has 2 aromatic carbocycles. The van der Waals surface area contributed by atoms with Crippen molar-refractivity contribution in [1.29, 1.82) is 0 Å². The zero-order chi connectivity index (χ0) is 48.5. The first-order valence-electron chi connectivity index (χ1n) is 26.2. The molecule has 1 spiro atoms. The van der Waals surface area contributed by atoms with Crippen LogP contribution in [0, 0.1) is 29.1 Å². The Labute approximate surface area is 413 Å². The molecule has 15 heteroatoms. The van der Waals surface area contributed by atoms with Gasteiger partial charge in [0.15, 0.2) is 5.82 Å². The highest BCUT2D eigenvalue weighted by molar-refractivity contribution is 5.94. The third kappa shape index (κ3) is 9.03. The number of piperidine rings is 2. The molecule has 70 heavy (non-hydrogen) atoms. The number of rotatable bonds is 10. The maximum Gasteiger partial charge on any atom is 0.246 e. The number of phenols is 1. The molecule has 3 aliphatic carbocycles. The van der Waals surface area contributed by atoms with E-state index >= 15 is 0 Å². The molecule has 15 nitrogen and oxygen atoms in total. The number of anilines is 2. The summed E-state index contributed by atoms with van der Waals surface area (Å²) in [4.78, 5) is 54.3. The number of hydrogen-bond acceptors (Lipinski definition) is 12. The van der Waals surface area contributed by atoms with Crippen molar-refractivity contribution < 1.29 is 24.6 Å². The van der Waals surface area contributed by atoms with Crippen LogP contribution in [0.15, 0.2) is 54.6 Å². The molecule has 5 aliphatic heterocycles. The van der Waals surface area contributed by atoms with Crippen LogP contribution in [0.4, 0.5) is 11.5 Å². The number of nitrogens with zero attached hydrogens (tertiary/aromatic N) is 7. The van der Waals surface area contributed by atoms with E-state index in [1.165, 1.54) is 43.7 Å². The number of para-hydroxylation sites is 1. The maximum absolute atomic E-state index is 14.4. The molecular weight excluding hydrogens is 881 g/mol. The Balaban J connectivity index is 0.613. The van der Waals surface area contributed by atoms with Gasteiger partial charge in [0.05, 0.1) is 29.1 Å². The van der Waals surface area contributed by atoms with E-state index in [1.807, 2.05) is 63.2 Å². The number of aliphatic hydroxyl groups is 1. The van der Waals surface area contributed by atoms with Crippen LogP contribution in [0.2, 0.25) is 0 Å². The van der Waals surface area contributed by atoms with Crippen LogP contribution in [0.25, 0.3) is 11.3 Å². The zero-order valence-corrected chi connectivity index (χ0v) is 41.3. The number of amides is 3. The number of fused-ring (bicyclic) bond motifs is 3. The lowest BCUT2D eigenvalue weighted by Gasteiger charge is -2.60. The van der Waals surface area contributed by atoms with Crippen LogP contribution in [-0.2, 0) is 19.9 Å². The van der Waals surface area contributed by atoms with E-state index in [2.05, 4.69) is 57.7 Å². The van der Waals surface area contributed by atoms with Crippen LogP contribution in [-0.4, -0.2) is 159 Å². The molecule has 5 N–H and O–H groups in total. The summed E-state index contributed by atoms with van der Waals surface area (Å²) in [6, 6.07) is 17.6. The Morgan fingerprint density at radius 2 is 1.49 bits per heavy atom. The van der Waals surface area contributed by atoms with Crippen molar-refractivity contribution >= 4 is 29.2 Å². The molecule has 4 atom stereocenters. The number of phenolic OH excluding ortho intramolecular Hbond substituents is 1. The molecule has 0 unspecified atom stereocenters. The number of likely N-dealkylation sites (tertiary alicyclic amines) is 3. The van der Waals surface area contributed by atoms with Crippen molar-refractivity contribution in [2.45, 2.75) is 139 Å². The van der Waals surface area contributed by atoms with Gasteiger partial charge in [-0.05, 0) is 137 Å². The Morgan fingerprint density at radius 1 is 0.814 bits per heavy atom. The smallest absolute Gasteiger partial charge is 0.246 e. The molecular formula is C55H72N10O5. The third-order valence-corrected chi connectivity index (χ3v) is 17.9. The first-order chi connectivity index (χ1) is 33.7. The van der Waals surface area contributed by atoms with Crippen molar-refractivity contribution in [2.24, 2.45) is 16.7 Å². The van der Waals surface area contributed by atoms with E-state index in [9.17, 15) is 24.6 Å². The molecule has 4 saturated heterocycles. The van der Waals surface area contributed by atoms with Gasteiger partial charge in [-0.1, -0.05) is 51.0 Å². The standard InChI is InChI=1S/C55H72N10O5/c1-5-35-10-12-37(13-11-35)55(18-19-55)58-51(69)46-26-42(66)34-65(46)52(70)48(53(2,3)4)57-50(68)36-28-54(29-36)30-40(31-54)62-22-14-38(15-23-62)61-20-16-39(17-21-61)63-24-25-64-41(33-63)32-56-49-45(64)27-44(59-60-49)43-8-6-7-9-47(43)67/h1,6-13,27,36,38-42,46,48,66-67H,14-26,28-34H2,2-4H3,(H,56,60)(H,57,68)(H,58,69)/t36?,40?,41-,42+,46-,48+,54?/m0/s1. The molecule has 1 aromatic heterocycles. The molecule has 6 heterocycles. The summed E-state index contributed by atoms with van der Waals surface area (Å²) in [6.07, 6.45) is 15.4. The minimum absolute atomic E-state index is 0.0587. The highest BCUT2D eigenvalue weighted by atomic mass is 16.3. The van der Waals surface area contributed by atoms with Crippen molar-refractivity contribution in [3.8, 4) is 29.4 Å². The number of benzene rings is 2. The van der Waals surface area contributed by atoms with Crippen molar-refractivity contribution in [3.05, 3.63) is 65.7 Å². The third-order valence-electron chi connectivity index (χ3n) is 17.9. The Morgan fingerprint density at radius 3 is 2.14 bits per heavy atom. The summed E-state index contributed by atoms with van der Waals surface area (Å²) < 4.78 is 0. The van der Waals surface area contributed by atoms with E-state index in [0.29, 0.717) is 35.4 Å². The molecule has 3 amide bonds. The number of piperazine rings is 1. The van der Waals surface area contributed by atoms with E-state index < -0.39 is 29.1 Å². The summed E-state index contributed by atoms with van der Waals surface area (Å²) in [5.41, 5.74) is 3.36. The van der Waals surface area contributed by atoms with Crippen LogP contribution >= 0.6 is 0 Å². The Hall–Kier alpha value is -5.27. The van der Waals surface area contributed by atoms with Crippen LogP contribution < -0.4 is 20.9 Å². The number of aromatic nitrogens is 2. The van der Waals surface area contributed by atoms with Crippen molar-refractivity contribution in [3.63, 3.8) is 0 Å². The fourth-order valence-electron chi connectivity index (χ4n) is 13.6. The summed E-state index contributed by atoms with van der Waals surface area (Å²) in [5, 5.41) is 40.1. The second-order valence-corrected chi connectivity index (χ2v) is 23.4. The van der Waals surface area contributed by atoms with Gasteiger partial charge in [-0.25, -0.2) is 0 Å². The quantitative estimate of drug-likeness (QED) is 0.181. The Bertz CT molecular complexity index is 2490. The lowest BCUT2D eigenvalue weighted by atomic mass is 9.49. The second kappa shape index (κ2) is 18.4. The SMILES string of the molecule is C#Cc1ccc(C2(NC(=O)[C@@H]3C[C@@H](O)CN3C(=O)[C@@H](NC(=O)C3CC4(C3)CC(N3CCC(N5CCC(N6CCN7c8cc(-c9ccccc9O)nnc8NC[C@H]7C6)CC5)CC3)C4)C(C)(C)C)CC2)cc1. The average molecular weight is 953 g/mol. The van der Waals surface area contributed by atoms with Crippen molar-refractivity contribution in [2.75, 3.05) is 69.1 Å². The number of nitrogens with one attached hydrogen (secondary N) is 3. The van der Waals surface area contributed by atoms with Crippen LogP contribution in [0.1, 0.15) is 103 Å². The van der Waals surface area contributed by atoms with Crippen LogP contribution in [0.5, 0.6) is 5.75 Å². The lowest BCUT2D eigenvalue weighted by Crippen LogP contribution is -2.63. The first kappa shape index (κ1) is 47.1. The molecule has 11 rings (SSSR count). The van der Waals surface area contributed by atoms with Gasteiger partial charge >= 0.3 is 0 Å². The maximum atomic E-state index is 14.4. The predicted molar refractivity (Wildman–Crippen MR) is 269 cm³/mol. The number of aliphatic hydroxyl groups excluding tert-OH is 1. The molecule has 3 saturated carbocycles. The van der Waals surface area contributed by atoms with Crippen LogP contribution in [0.3, 0.4) is 0 Å². The fourth-order valence-corrected chi connectivity index (χ4v) is 13.6. The minimum atomic E-state index is -0.822. The van der Waals surface area contributed by atoms with Gasteiger partial charge in [-0.3, -0.25) is 19.3 Å². The van der Waals surface area contributed by atoms with Gasteiger partial charge in [0, 0.05) is 74.3 Å². The largest absolute Gasteiger partial charge is 0.507 e. The first-order valence-corrected chi connectivity index (χ1v) is 26.2. The number of hydrogen-bond donors (Lipinski definition) is 5. The topological polar surface area (TPSA) is 170 Å². The normalized spacial score (nSPS) is 29.7. The number of β-amino-alcohol motifs (C(OH)–C–C–N with tert-alkyl or cyclic N) is 1. The number of carbonyl (C=O) groups is 3. The molecule has 0 radical (unpaired) electrons. The highest BCUT2D eigenvalue weighted by Gasteiger charge is 2.57. The molecule has 0 bridgehead atoms. The summed E-state index contributed by atoms with van der Waals surface area (Å²) in [5.74, 6) is 2.89. The molecule has 7 fully saturated rings. The summed E-state index contributed by atoms with van der Waals surface area (Å²) in [7, 11) is 0. The van der Waals surface area contributed by atoms with E-state index in [1.54, 1.807) is 6.07 Å². The van der Waals surface area contributed by atoms with E-state index in [4.69, 9.17) is 6.42 Å². The fraction of sp³-hybridized carbons (Fsp3) is 0.618. The zero-order valence-electron chi connectivity index (χ0n) is 41.3. The van der Waals surface area contributed by atoms with Gasteiger partial charge in [-0.2, -0.15) is 0 Å². The molecule has 372 valence electrons. The minimum Gasteiger partial charge on any atom is -0.507 e. The molecule has 8 aliphatic rings. The van der Waals surface area contributed by atoms with Gasteiger partial charge < -0.3 is 45.8 Å². The number of carbonyl (C=O) groups excluding carboxylic acids is 3. The van der Waals surface area contributed by atoms with Gasteiger partial charge in [-0.15, -0.1) is 16.6 Å². The van der Waals surface area contributed by atoms with E-state index in [0.717, 1.165) is 100 Å². The molecule has 3 aromatic rings. The van der Waals surface area contributed by atoms with E-state index in [-0.39, 0.29) is 47.8 Å². The lowest BCUT2D eigenvalue weighted by molar-refractivity contribution is -0.150. The summed E-state index contributed by atoms with van der Waals surface area (Å²) >= 11 is 0. The number of terminal acetylenes is 1. The van der Waals surface area contributed by atoms with Gasteiger partial charge in [0.2, 0.25) is 17.7 Å². The monoisotopic (exact) mass is 953 g/mol. The van der Waals surface area contributed by atoms with Gasteiger partial charge in [0.1, 0.15) is 17.8 Å².